The zero-order valence-corrected chi connectivity index (χ0v) is 15.3. The summed E-state index contributed by atoms with van der Waals surface area (Å²) < 4.78 is 5.49. The van der Waals surface area contributed by atoms with Crippen molar-refractivity contribution in [3.63, 3.8) is 0 Å². The molecule has 0 atom stereocenters. The molecule has 0 aliphatic rings. The van der Waals surface area contributed by atoms with Gasteiger partial charge < -0.3 is 9.52 Å². The maximum Gasteiger partial charge on any atom is 0.354 e. The lowest BCUT2D eigenvalue weighted by molar-refractivity contribution is 0.430. The van der Waals surface area contributed by atoms with Gasteiger partial charge in [0.25, 0.3) is 0 Å². The van der Waals surface area contributed by atoms with E-state index in [0.717, 1.165) is 21.6 Å². The van der Waals surface area contributed by atoms with Gasteiger partial charge in [-0.05, 0) is 30.0 Å². The van der Waals surface area contributed by atoms with Crippen LogP contribution in [0.4, 0.5) is 0 Å². The second-order valence-corrected chi connectivity index (χ2v) is 7.27. The van der Waals surface area contributed by atoms with Gasteiger partial charge in [0.2, 0.25) is 0 Å². The fourth-order valence-corrected chi connectivity index (χ4v) is 3.78. The average Bonchev–Trinajstić information content (AvgIpc) is 2.58. The minimum Gasteiger partial charge on any atom is -0.506 e. The highest BCUT2D eigenvalue weighted by Crippen LogP contribution is 2.37. The quantitative estimate of drug-likeness (QED) is 0.664. The SMILES string of the molecule is Cc1ccccc1-c1cc(O)c(Sc2ccccc2C(C)C)c(=O)o1. The molecule has 0 aliphatic carbocycles. The van der Waals surface area contributed by atoms with Crippen LogP contribution in [-0.4, -0.2) is 5.11 Å². The third kappa shape index (κ3) is 3.64. The fraction of sp³-hybridized carbons (Fsp3) is 0.190. The molecule has 4 heteroatoms. The predicted octanol–water partition coefficient (Wildman–Crippen LogP) is 5.60. The van der Waals surface area contributed by atoms with Crippen LogP contribution in [0.3, 0.4) is 0 Å². The summed E-state index contributed by atoms with van der Waals surface area (Å²) in [6.45, 7) is 6.14. The first-order chi connectivity index (χ1) is 12.0. The Labute approximate surface area is 151 Å². The van der Waals surface area contributed by atoms with Crippen LogP contribution in [-0.2, 0) is 0 Å². The molecule has 3 rings (SSSR count). The number of hydrogen-bond acceptors (Lipinski definition) is 4. The standard InChI is InChI=1S/C21H20O3S/c1-13(2)15-9-6-7-11-19(15)25-20-17(22)12-18(24-21(20)23)16-10-5-4-8-14(16)3/h4-13,22H,1-3H3. The number of hydrogen-bond donors (Lipinski definition) is 1. The highest BCUT2D eigenvalue weighted by atomic mass is 32.2. The predicted molar refractivity (Wildman–Crippen MR) is 101 cm³/mol. The average molecular weight is 352 g/mol. The Balaban J connectivity index is 2.03. The van der Waals surface area contributed by atoms with Crippen molar-refractivity contribution in [2.24, 2.45) is 0 Å². The molecule has 25 heavy (non-hydrogen) atoms. The van der Waals surface area contributed by atoms with E-state index in [1.54, 1.807) is 0 Å². The highest BCUT2D eigenvalue weighted by Gasteiger charge is 2.17. The summed E-state index contributed by atoms with van der Waals surface area (Å²) in [5.74, 6) is 0.643. The molecule has 0 radical (unpaired) electrons. The van der Waals surface area contributed by atoms with Crippen LogP contribution in [0.25, 0.3) is 11.3 Å². The van der Waals surface area contributed by atoms with Gasteiger partial charge in [0.05, 0.1) is 0 Å². The highest BCUT2D eigenvalue weighted by molar-refractivity contribution is 7.99. The Bertz CT molecular complexity index is 957. The van der Waals surface area contributed by atoms with Gasteiger partial charge in [-0.25, -0.2) is 4.79 Å². The van der Waals surface area contributed by atoms with E-state index in [1.165, 1.54) is 17.8 Å². The first kappa shape index (κ1) is 17.4. The topological polar surface area (TPSA) is 50.4 Å². The summed E-state index contributed by atoms with van der Waals surface area (Å²) in [7, 11) is 0. The van der Waals surface area contributed by atoms with Gasteiger partial charge in [0, 0.05) is 16.5 Å². The van der Waals surface area contributed by atoms with E-state index >= 15 is 0 Å². The maximum atomic E-state index is 12.5. The molecule has 0 bridgehead atoms. The molecule has 2 aromatic carbocycles. The van der Waals surface area contributed by atoms with Crippen molar-refractivity contribution in [1.82, 2.24) is 0 Å². The van der Waals surface area contributed by atoms with Gasteiger partial charge in [-0.1, -0.05) is 68.1 Å². The van der Waals surface area contributed by atoms with Crippen LogP contribution in [0.1, 0.15) is 30.9 Å². The molecule has 1 aromatic heterocycles. The summed E-state index contributed by atoms with van der Waals surface area (Å²) in [5.41, 5.74) is 2.39. The Morgan fingerprint density at radius 1 is 1.04 bits per heavy atom. The van der Waals surface area contributed by atoms with Crippen LogP contribution in [0.5, 0.6) is 5.75 Å². The lowest BCUT2D eigenvalue weighted by Gasteiger charge is -2.12. The summed E-state index contributed by atoms with van der Waals surface area (Å²) in [6.07, 6.45) is 0. The molecule has 0 aliphatic heterocycles. The zero-order chi connectivity index (χ0) is 18.0. The van der Waals surface area contributed by atoms with Crippen molar-refractivity contribution in [2.75, 3.05) is 0 Å². The van der Waals surface area contributed by atoms with E-state index in [-0.39, 0.29) is 10.6 Å². The first-order valence-electron chi connectivity index (χ1n) is 8.17. The van der Waals surface area contributed by atoms with E-state index < -0.39 is 5.63 Å². The molecule has 0 fully saturated rings. The lowest BCUT2D eigenvalue weighted by atomic mass is 10.0. The van der Waals surface area contributed by atoms with Gasteiger partial charge in [-0.15, -0.1) is 0 Å². The molecule has 1 N–H and O–H groups in total. The third-order valence-corrected chi connectivity index (χ3v) is 5.22. The number of benzene rings is 2. The lowest BCUT2D eigenvalue weighted by Crippen LogP contribution is -2.04. The second-order valence-electron chi connectivity index (χ2n) is 6.22. The molecular weight excluding hydrogens is 332 g/mol. The van der Waals surface area contributed by atoms with Gasteiger partial charge in [-0.2, -0.15) is 0 Å². The Morgan fingerprint density at radius 2 is 1.72 bits per heavy atom. The summed E-state index contributed by atoms with van der Waals surface area (Å²) in [4.78, 5) is 13.6. The Kier molecular flexibility index (Phi) is 5.00. The van der Waals surface area contributed by atoms with Crippen molar-refractivity contribution in [3.05, 3.63) is 76.1 Å². The number of rotatable bonds is 4. The molecule has 1 heterocycles. The minimum atomic E-state index is -0.526. The van der Waals surface area contributed by atoms with E-state index in [1.807, 2.05) is 55.5 Å². The van der Waals surface area contributed by atoms with Crippen LogP contribution >= 0.6 is 11.8 Å². The molecule has 0 saturated heterocycles. The summed E-state index contributed by atoms with van der Waals surface area (Å²) >= 11 is 1.25. The van der Waals surface area contributed by atoms with Crippen molar-refractivity contribution in [1.29, 1.82) is 0 Å². The smallest absolute Gasteiger partial charge is 0.354 e. The molecule has 3 nitrogen and oxygen atoms in total. The van der Waals surface area contributed by atoms with Crippen LogP contribution in [0.2, 0.25) is 0 Å². The summed E-state index contributed by atoms with van der Waals surface area (Å²) in [6, 6.07) is 17.0. The van der Waals surface area contributed by atoms with E-state index in [4.69, 9.17) is 4.42 Å². The van der Waals surface area contributed by atoms with Crippen molar-refractivity contribution in [2.45, 2.75) is 36.5 Å². The van der Waals surface area contributed by atoms with E-state index in [2.05, 4.69) is 13.8 Å². The maximum absolute atomic E-state index is 12.5. The number of aryl methyl sites for hydroxylation is 1. The Morgan fingerprint density at radius 3 is 2.40 bits per heavy atom. The van der Waals surface area contributed by atoms with Crippen LogP contribution in [0.15, 0.2) is 73.6 Å². The van der Waals surface area contributed by atoms with Gasteiger partial charge in [-0.3, -0.25) is 0 Å². The Hall–Kier alpha value is -2.46. The van der Waals surface area contributed by atoms with E-state index in [0.29, 0.717) is 11.7 Å². The van der Waals surface area contributed by atoms with Crippen molar-refractivity contribution >= 4 is 11.8 Å². The minimum absolute atomic E-state index is 0.0573. The first-order valence-corrected chi connectivity index (χ1v) is 8.99. The monoisotopic (exact) mass is 352 g/mol. The van der Waals surface area contributed by atoms with Crippen molar-refractivity contribution < 1.29 is 9.52 Å². The number of aromatic hydroxyl groups is 1. The fourth-order valence-electron chi connectivity index (χ4n) is 2.71. The molecule has 0 spiro atoms. The normalized spacial score (nSPS) is 11.0. The van der Waals surface area contributed by atoms with E-state index in [9.17, 15) is 9.90 Å². The van der Waals surface area contributed by atoms with Crippen LogP contribution < -0.4 is 5.63 Å². The second kappa shape index (κ2) is 7.19. The van der Waals surface area contributed by atoms with Gasteiger partial charge in [0.1, 0.15) is 16.4 Å². The third-order valence-electron chi connectivity index (χ3n) is 4.05. The summed E-state index contributed by atoms with van der Waals surface area (Å²) in [5, 5.41) is 10.4. The molecular formula is C21H20O3S. The molecule has 0 saturated carbocycles. The zero-order valence-electron chi connectivity index (χ0n) is 14.4. The van der Waals surface area contributed by atoms with Gasteiger partial charge >= 0.3 is 5.63 Å². The molecule has 128 valence electrons. The van der Waals surface area contributed by atoms with Crippen molar-refractivity contribution in [3.8, 4) is 17.1 Å². The van der Waals surface area contributed by atoms with Crippen LogP contribution in [0, 0.1) is 6.92 Å². The molecule has 3 aromatic rings. The molecule has 0 unspecified atom stereocenters. The molecule has 0 amide bonds. The largest absolute Gasteiger partial charge is 0.506 e. The van der Waals surface area contributed by atoms with Gasteiger partial charge in [0.15, 0.2) is 0 Å².